The van der Waals surface area contributed by atoms with E-state index in [2.05, 4.69) is 22.1 Å². The van der Waals surface area contributed by atoms with Crippen molar-refractivity contribution in [3.8, 4) is 0 Å². The largest absolute Gasteiger partial charge is 0.368 e. The fourth-order valence-corrected chi connectivity index (χ4v) is 3.00. The molecule has 1 aliphatic rings. The molecule has 0 radical (unpaired) electrons. The second-order valence-electron chi connectivity index (χ2n) is 5.56. The van der Waals surface area contributed by atoms with Crippen LogP contribution < -0.4 is 5.73 Å². The number of amides is 1. The van der Waals surface area contributed by atoms with Gasteiger partial charge in [0.15, 0.2) is 0 Å². The second kappa shape index (κ2) is 5.69. The Kier molecular flexibility index (Phi) is 3.75. The molecule has 1 aliphatic heterocycles. The molecule has 0 saturated heterocycles. The maximum absolute atomic E-state index is 11.8. The summed E-state index contributed by atoms with van der Waals surface area (Å²) in [5.41, 5.74) is 9.29. The molecule has 0 bridgehead atoms. The van der Waals surface area contributed by atoms with Crippen LogP contribution >= 0.6 is 0 Å². The molecular formula is C16H20N4O. The number of carbonyl (C=O) groups is 1. The zero-order chi connectivity index (χ0) is 14.8. The number of carbonyl (C=O) groups excluding carboxylic acids is 1. The normalized spacial score (nSPS) is 18.4. The fourth-order valence-electron chi connectivity index (χ4n) is 3.00. The Morgan fingerprint density at radius 1 is 1.33 bits per heavy atom. The fraction of sp³-hybridized carbons (Fsp3) is 0.375. The van der Waals surface area contributed by atoms with Gasteiger partial charge in [-0.1, -0.05) is 24.3 Å². The number of aromatic nitrogens is 2. The molecule has 1 aromatic carbocycles. The van der Waals surface area contributed by atoms with Gasteiger partial charge in [-0.05, 0) is 23.6 Å². The SMILES string of the molecule is Cn1nccc1CCN1Cc2ccccc2C[C@H]1C(N)=O. The molecule has 5 nitrogen and oxygen atoms in total. The van der Waals surface area contributed by atoms with Crippen LogP contribution in [0, 0.1) is 0 Å². The third kappa shape index (κ3) is 2.83. The van der Waals surface area contributed by atoms with Crippen LogP contribution in [0.15, 0.2) is 36.5 Å². The number of hydrogen-bond acceptors (Lipinski definition) is 3. The molecule has 110 valence electrons. The van der Waals surface area contributed by atoms with Crippen LogP contribution in [0.4, 0.5) is 0 Å². The van der Waals surface area contributed by atoms with E-state index < -0.39 is 0 Å². The van der Waals surface area contributed by atoms with E-state index in [4.69, 9.17) is 5.73 Å². The molecule has 0 spiro atoms. The van der Waals surface area contributed by atoms with Crippen molar-refractivity contribution in [3.63, 3.8) is 0 Å². The summed E-state index contributed by atoms with van der Waals surface area (Å²) < 4.78 is 1.87. The molecule has 0 unspecified atom stereocenters. The van der Waals surface area contributed by atoms with Gasteiger partial charge in [0, 0.05) is 38.4 Å². The van der Waals surface area contributed by atoms with Crippen molar-refractivity contribution in [1.29, 1.82) is 0 Å². The molecule has 0 fully saturated rings. The minimum absolute atomic E-state index is 0.215. The molecule has 2 heterocycles. The lowest BCUT2D eigenvalue weighted by molar-refractivity contribution is -0.123. The monoisotopic (exact) mass is 284 g/mol. The molecule has 1 atom stereocenters. The number of benzene rings is 1. The summed E-state index contributed by atoms with van der Waals surface area (Å²) in [7, 11) is 1.94. The third-order valence-electron chi connectivity index (χ3n) is 4.25. The summed E-state index contributed by atoms with van der Waals surface area (Å²) in [6.45, 7) is 1.59. The van der Waals surface area contributed by atoms with Crippen LogP contribution in [-0.4, -0.2) is 33.2 Å². The highest BCUT2D eigenvalue weighted by molar-refractivity contribution is 5.80. The first kappa shape index (κ1) is 13.8. The number of hydrogen-bond donors (Lipinski definition) is 1. The van der Waals surface area contributed by atoms with Crippen molar-refractivity contribution < 1.29 is 4.79 Å². The average molecular weight is 284 g/mol. The van der Waals surface area contributed by atoms with Gasteiger partial charge in [0.1, 0.15) is 0 Å². The summed E-state index contributed by atoms with van der Waals surface area (Å²) in [6.07, 6.45) is 3.37. The van der Waals surface area contributed by atoms with Crippen LogP contribution in [0.3, 0.4) is 0 Å². The molecule has 2 aromatic rings. The Hall–Kier alpha value is -2.14. The first-order valence-electron chi connectivity index (χ1n) is 7.22. The Labute approximate surface area is 124 Å². The van der Waals surface area contributed by atoms with E-state index in [0.717, 1.165) is 25.2 Å². The summed E-state index contributed by atoms with van der Waals surface area (Å²) in [5.74, 6) is -0.241. The molecule has 0 saturated carbocycles. The van der Waals surface area contributed by atoms with Crippen molar-refractivity contribution in [2.24, 2.45) is 12.8 Å². The topological polar surface area (TPSA) is 64.2 Å². The summed E-state index contributed by atoms with van der Waals surface area (Å²) >= 11 is 0. The second-order valence-corrected chi connectivity index (χ2v) is 5.56. The zero-order valence-corrected chi connectivity index (χ0v) is 12.2. The lowest BCUT2D eigenvalue weighted by Crippen LogP contribution is -2.49. The molecule has 1 aromatic heterocycles. The minimum atomic E-state index is -0.241. The lowest BCUT2D eigenvalue weighted by Gasteiger charge is -2.35. The predicted molar refractivity (Wildman–Crippen MR) is 80.5 cm³/mol. The number of aryl methyl sites for hydroxylation is 1. The molecule has 5 heteroatoms. The number of primary amides is 1. The van der Waals surface area contributed by atoms with Crippen LogP contribution in [0.2, 0.25) is 0 Å². The van der Waals surface area contributed by atoms with Gasteiger partial charge in [-0.15, -0.1) is 0 Å². The van der Waals surface area contributed by atoms with E-state index in [1.807, 2.05) is 29.9 Å². The van der Waals surface area contributed by atoms with Gasteiger partial charge in [0.2, 0.25) is 5.91 Å². The highest BCUT2D eigenvalue weighted by Crippen LogP contribution is 2.23. The number of nitrogens with two attached hydrogens (primary N) is 1. The van der Waals surface area contributed by atoms with Crippen molar-refractivity contribution in [3.05, 3.63) is 53.3 Å². The first-order valence-corrected chi connectivity index (χ1v) is 7.22. The zero-order valence-electron chi connectivity index (χ0n) is 12.2. The van der Waals surface area contributed by atoms with E-state index in [-0.39, 0.29) is 11.9 Å². The number of nitrogens with zero attached hydrogens (tertiary/aromatic N) is 3. The third-order valence-corrected chi connectivity index (χ3v) is 4.25. The van der Waals surface area contributed by atoms with Crippen molar-refractivity contribution in [2.45, 2.75) is 25.4 Å². The van der Waals surface area contributed by atoms with E-state index in [1.165, 1.54) is 11.1 Å². The Balaban J connectivity index is 1.76. The molecule has 1 amide bonds. The maximum atomic E-state index is 11.8. The smallest absolute Gasteiger partial charge is 0.235 e. The molecule has 2 N–H and O–H groups in total. The van der Waals surface area contributed by atoms with Crippen molar-refractivity contribution >= 4 is 5.91 Å². The molecule has 21 heavy (non-hydrogen) atoms. The highest BCUT2D eigenvalue weighted by atomic mass is 16.1. The quantitative estimate of drug-likeness (QED) is 0.906. The summed E-state index contributed by atoms with van der Waals surface area (Å²) in [5, 5.41) is 4.18. The molecule has 0 aliphatic carbocycles. The van der Waals surface area contributed by atoms with Crippen LogP contribution in [0.25, 0.3) is 0 Å². The lowest BCUT2D eigenvalue weighted by atomic mass is 9.93. The van der Waals surface area contributed by atoms with Gasteiger partial charge >= 0.3 is 0 Å². The highest BCUT2D eigenvalue weighted by Gasteiger charge is 2.29. The number of fused-ring (bicyclic) bond motifs is 1. The van der Waals surface area contributed by atoms with Gasteiger partial charge in [0.25, 0.3) is 0 Å². The van der Waals surface area contributed by atoms with Crippen LogP contribution in [0.1, 0.15) is 16.8 Å². The van der Waals surface area contributed by atoms with Gasteiger partial charge < -0.3 is 5.73 Å². The van der Waals surface area contributed by atoms with E-state index in [1.54, 1.807) is 6.20 Å². The van der Waals surface area contributed by atoms with Gasteiger partial charge in [-0.25, -0.2) is 0 Å². The number of rotatable bonds is 4. The van der Waals surface area contributed by atoms with Gasteiger partial charge in [-0.3, -0.25) is 14.4 Å². The molecule has 3 rings (SSSR count). The van der Waals surface area contributed by atoms with E-state index >= 15 is 0 Å². The minimum Gasteiger partial charge on any atom is -0.368 e. The molecular weight excluding hydrogens is 264 g/mol. The predicted octanol–water partition coefficient (Wildman–Crippen LogP) is 0.875. The summed E-state index contributed by atoms with van der Waals surface area (Å²) in [4.78, 5) is 13.9. The van der Waals surface area contributed by atoms with Gasteiger partial charge in [-0.2, -0.15) is 5.10 Å². The van der Waals surface area contributed by atoms with Crippen LogP contribution in [0.5, 0.6) is 0 Å². The van der Waals surface area contributed by atoms with Crippen molar-refractivity contribution in [1.82, 2.24) is 14.7 Å². The van der Waals surface area contributed by atoms with E-state index in [9.17, 15) is 4.79 Å². The van der Waals surface area contributed by atoms with E-state index in [0.29, 0.717) is 6.42 Å². The summed E-state index contributed by atoms with van der Waals surface area (Å²) in [6, 6.07) is 10.1. The Bertz CT molecular complexity index is 649. The van der Waals surface area contributed by atoms with Gasteiger partial charge in [0.05, 0.1) is 6.04 Å². The van der Waals surface area contributed by atoms with Crippen molar-refractivity contribution in [2.75, 3.05) is 6.54 Å². The maximum Gasteiger partial charge on any atom is 0.235 e. The Morgan fingerprint density at radius 2 is 2.10 bits per heavy atom. The average Bonchev–Trinajstić information content (AvgIpc) is 2.89. The standard InChI is InChI=1S/C16H20N4O/c1-19-14(6-8-18-19)7-9-20-11-13-5-3-2-4-12(13)10-15(20)16(17)21/h2-6,8,15H,7,9-11H2,1H3,(H2,17,21)/t15-/m0/s1. The first-order chi connectivity index (χ1) is 10.1. The Morgan fingerprint density at radius 3 is 2.76 bits per heavy atom. The van der Waals surface area contributed by atoms with Crippen LogP contribution in [-0.2, 0) is 31.2 Å².